The summed E-state index contributed by atoms with van der Waals surface area (Å²) < 4.78 is 6.65. The van der Waals surface area contributed by atoms with Gasteiger partial charge in [-0.1, -0.05) is 36.4 Å². The monoisotopic (exact) mass is 456 g/mol. The van der Waals surface area contributed by atoms with Crippen molar-refractivity contribution in [2.45, 2.75) is 13.8 Å². The molecule has 0 aliphatic heterocycles. The van der Waals surface area contributed by atoms with Gasteiger partial charge in [-0.25, -0.2) is 9.48 Å². The van der Waals surface area contributed by atoms with Crippen LogP contribution in [0.5, 0.6) is 0 Å². The molecule has 0 unspecified atom stereocenters. The first-order valence-electron chi connectivity index (χ1n) is 10.9. The number of fused-ring (bicyclic) bond motifs is 1. The maximum absolute atomic E-state index is 12.5. The highest BCUT2D eigenvalue weighted by Crippen LogP contribution is 2.19. The van der Waals surface area contributed by atoms with E-state index in [9.17, 15) is 14.4 Å². The van der Waals surface area contributed by atoms with E-state index in [0.29, 0.717) is 28.2 Å². The number of benzene rings is 3. The third-order valence-electron chi connectivity index (χ3n) is 5.30. The Bertz CT molecular complexity index is 1380. The fourth-order valence-electron chi connectivity index (χ4n) is 3.59. The van der Waals surface area contributed by atoms with Gasteiger partial charge in [-0.15, -0.1) is 0 Å². The van der Waals surface area contributed by atoms with Crippen LogP contribution in [0.4, 0.5) is 5.69 Å². The highest BCUT2D eigenvalue weighted by atomic mass is 16.5. The normalized spacial score (nSPS) is 10.6. The average Bonchev–Trinajstić information content (AvgIpc) is 3.24. The average molecular weight is 457 g/mol. The number of hydrogen-bond donors (Lipinski definition) is 2. The Kier molecular flexibility index (Phi) is 6.68. The lowest BCUT2D eigenvalue weighted by Crippen LogP contribution is -2.32. The van der Waals surface area contributed by atoms with Crippen LogP contribution in [-0.2, 0) is 9.53 Å². The first-order valence-corrected chi connectivity index (χ1v) is 10.9. The Hall–Kier alpha value is -4.46. The molecular formula is C26H24N4O4. The van der Waals surface area contributed by atoms with Crippen molar-refractivity contribution < 1.29 is 19.1 Å². The van der Waals surface area contributed by atoms with E-state index < -0.39 is 5.97 Å². The molecule has 1 heterocycles. The van der Waals surface area contributed by atoms with Crippen LogP contribution in [0.1, 0.15) is 33.3 Å². The summed E-state index contributed by atoms with van der Waals surface area (Å²) in [5, 5.41) is 11.7. The third kappa shape index (κ3) is 4.96. The zero-order chi connectivity index (χ0) is 24.1. The number of aromatic nitrogens is 2. The molecule has 0 aliphatic carbocycles. The Balaban J connectivity index is 1.39. The maximum atomic E-state index is 12.5. The third-order valence-corrected chi connectivity index (χ3v) is 5.30. The fourth-order valence-corrected chi connectivity index (χ4v) is 3.59. The standard InChI is InChI=1S/C26H24N4O4/c1-3-34-26(33)23-15-28-30(17(23)2)22-10-6-9-21(14-22)29-24(31)16-27-25(32)20-12-11-18-7-4-5-8-19(18)13-20/h4-15H,3,16H2,1-2H3,(H,27,32)(H,29,31). The molecule has 2 amide bonds. The van der Waals surface area contributed by atoms with E-state index in [2.05, 4.69) is 15.7 Å². The van der Waals surface area contributed by atoms with Crippen molar-refractivity contribution >= 4 is 34.2 Å². The summed E-state index contributed by atoms with van der Waals surface area (Å²) in [5.41, 5.74) is 2.71. The maximum Gasteiger partial charge on any atom is 0.341 e. The molecule has 172 valence electrons. The molecule has 0 bridgehead atoms. The topological polar surface area (TPSA) is 102 Å². The Morgan fingerprint density at radius 1 is 0.971 bits per heavy atom. The number of ether oxygens (including phenoxy) is 1. The molecule has 8 nitrogen and oxygen atoms in total. The summed E-state index contributed by atoms with van der Waals surface area (Å²) >= 11 is 0. The summed E-state index contributed by atoms with van der Waals surface area (Å²) in [4.78, 5) is 37.0. The van der Waals surface area contributed by atoms with Crippen LogP contribution >= 0.6 is 0 Å². The fraction of sp³-hybridized carbons (Fsp3) is 0.154. The van der Waals surface area contributed by atoms with Gasteiger partial charge < -0.3 is 15.4 Å². The zero-order valence-electron chi connectivity index (χ0n) is 18.9. The molecule has 2 N–H and O–H groups in total. The van der Waals surface area contributed by atoms with Gasteiger partial charge in [0.2, 0.25) is 5.91 Å². The first-order chi connectivity index (χ1) is 16.5. The van der Waals surface area contributed by atoms with Crippen molar-refractivity contribution in [1.82, 2.24) is 15.1 Å². The highest BCUT2D eigenvalue weighted by Gasteiger charge is 2.16. The van der Waals surface area contributed by atoms with Gasteiger partial charge in [0.1, 0.15) is 5.56 Å². The molecule has 8 heteroatoms. The van der Waals surface area contributed by atoms with E-state index in [1.54, 1.807) is 48.9 Å². The second-order valence-corrected chi connectivity index (χ2v) is 7.62. The van der Waals surface area contributed by atoms with E-state index in [4.69, 9.17) is 4.74 Å². The van der Waals surface area contributed by atoms with Crippen molar-refractivity contribution in [3.63, 3.8) is 0 Å². The van der Waals surface area contributed by atoms with E-state index in [1.165, 1.54) is 6.20 Å². The van der Waals surface area contributed by atoms with Crippen LogP contribution in [0.25, 0.3) is 16.5 Å². The molecule has 0 saturated carbocycles. The van der Waals surface area contributed by atoms with E-state index in [0.717, 1.165) is 10.8 Å². The van der Waals surface area contributed by atoms with Gasteiger partial charge in [0.05, 0.1) is 30.7 Å². The molecule has 0 spiro atoms. The highest BCUT2D eigenvalue weighted by molar-refractivity contribution is 6.01. The lowest BCUT2D eigenvalue weighted by Gasteiger charge is -2.10. The van der Waals surface area contributed by atoms with Gasteiger partial charge in [-0.2, -0.15) is 5.10 Å². The molecular weight excluding hydrogens is 432 g/mol. The molecule has 3 aromatic carbocycles. The van der Waals surface area contributed by atoms with Crippen molar-refractivity contribution in [2.24, 2.45) is 0 Å². The number of rotatable bonds is 7. The molecule has 0 saturated heterocycles. The summed E-state index contributed by atoms with van der Waals surface area (Å²) in [6.07, 6.45) is 1.46. The number of carbonyl (C=O) groups is 3. The second kappa shape index (κ2) is 9.99. The number of nitrogens with one attached hydrogen (secondary N) is 2. The zero-order valence-corrected chi connectivity index (χ0v) is 18.9. The van der Waals surface area contributed by atoms with Gasteiger partial charge in [-0.05, 0) is 55.0 Å². The number of esters is 1. The summed E-state index contributed by atoms with van der Waals surface area (Å²) in [6, 6.07) is 20.2. The predicted octanol–water partition coefficient (Wildman–Crippen LogP) is 3.88. The number of anilines is 1. The largest absolute Gasteiger partial charge is 0.462 e. The minimum atomic E-state index is -0.433. The quantitative estimate of drug-likeness (QED) is 0.411. The molecule has 0 atom stereocenters. The summed E-state index contributed by atoms with van der Waals surface area (Å²) in [5.74, 6) is -1.12. The van der Waals surface area contributed by atoms with Crippen molar-refractivity contribution in [2.75, 3.05) is 18.5 Å². The second-order valence-electron chi connectivity index (χ2n) is 7.62. The van der Waals surface area contributed by atoms with Gasteiger partial charge in [-0.3, -0.25) is 9.59 Å². The molecule has 1 aromatic heterocycles. The summed E-state index contributed by atoms with van der Waals surface area (Å²) in [7, 11) is 0. The van der Waals surface area contributed by atoms with Crippen LogP contribution < -0.4 is 10.6 Å². The van der Waals surface area contributed by atoms with Crippen molar-refractivity contribution in [3.8, 4) is 5.69 Å². The molecule has 0 radical (unpaired) electrons. The van der Waals surface area contributed by atoms with Crippen LogP contribution in [0.2, 0.25) is 0 Å². The Morgan fingerprint density at radius 2 is 1.76 bits per heavy atom. The van der Waals surface area contributed by atoms with Gasteiger partial charge in [0, 0.05) is 11.3 Å². The summed E-state index contributed by atoms with van der Waals surface area (Å²) in [6.45, 7) is 3.62. The van der Waals surface area contributed by atoms with E-state index in [-0.39, 0.29) is 25.0 Å². The number of nitrogens with zero attached hydrogens (tertiary/aromatic N) is 2. The first kappa shape index (κ1) is 22.7. The molecule has 0 fully saturated rings. The molecule has 4 rings (SSSR count). The van der Waals surface area contributed by atoms with E-state index >= 15 is 0 Å². The van der Waals surface area contributed by atoms with Crippen LogP contribution in [0, 0.1) is 6.92 Å². The van der Waals surface area contributed by atoms with Crippen LogP contribution in [0.15, 0.2) is 72.9 Å². The Morgan fingerprint density at radius 3 is 2.56 bits per heavy atom. The van der Waals surface area contributed by atoms with E-state index in [1.807, 2.05) is 36.4 Å². The Labute approximate surface area is 196 Å². The van der Waals surface area contributed by atoms with Gasteiger partial charge in [0.25, 0.3) is 5.91 Å². The van der Waals surface area contributed by atoms with Crippen molar-refractivity contribution in [1.29, 1.82) is 0 Å². The minimum Gasteiger partial charge on any atom is -0.462 e. The molecule has 4 aromatic rings. The number of hydrogen-bond acceptors (Lipinski definition) is 5. The minimum absolute atomic E-state index is 0.177. The smallest absolute Gasteiger partial charge is 0.341 e. The number of carbonyl (C=O) groups excluding carboxylic acids is 3. The SMILES string of the molecule is CCOC(=O)c1cnn(-c2cccc(NC(=O)CNC(=O)c3ccc4ccccc4c3)c2)c1C. The molecule has 0 aliphatic rings. The molecule has 34 heavy (non-hydrogen) atoms. The lowest BCUT2D eigenvalue weighted by atomic mass is 10.1. The van der Waals surface area contributed by atoms with Crippen LogP contribution in [-0.4, -0.2) is 40.7 Å². The number of amides is 2. The van der Waals surface area contributed by atoms with Crippen LogP contribution in [0.3, 0.4) is 0 Å². The predicted molar refractivity (Wildman–Crippen MR) is 129 cm³/mol. The van der Waals surface area contributed by atoms with Gasteiger partial charge >= 0.3 is 5.97 Å². The van der Waals surface area contributed by atoms with Crippen molar-refractivity contribution in [3.05, 3.63) is 89.7 Å². The lowest BCUT2D eigenvalue weighted by molar-refractivity contribution is -0.115. The van der Waals surface area contributed by atoms with Gasteiger partial charge in [0.15, 0.2) is 0 Å².